The van der Waals surface area contributed by atoms with E-state index in [9.17, 15) is 9.18 Å². The molecule has 2 heterocycles. The van der Waals surface area contributed by atoms with Gasteiger partial charge in [0.15, 0.2) is 0 Å². The van der Waals surface area contributed by atoms with E-state index >= 15 is 0 Å². The van der Waals surface area contributed by atoms with Crippen molar-refractivity contribution >= 4 is 27.3 Å². The van der Waals surface area contributed by atoms with E-state index in [1.54, 1.807) is 13.0 Å². The van der Waals surface area contributed by atoms with Crippen molar-refractivity contribution in [3.63, 3.8) is 0 Å². The van der Waals surface area contributed by atoms with Crippen LogP contribution >= 0.6 is 11.3 Å². The molecule has 0 radical (unpaired) electrons. The summed E-state index contributed by atoms with van der Waals surface area (Å²) in [5, 5.41) is 3.62. The third-order valence-electron chi connectivity index (χ3n) is 4.37. The van der Waals surface area contributed by atoms with E-state index in [0.717, 1.165) is 22.4 Å². The highest BCUT2D eigenvalue weighted by Gasteiger charge is 2.25. The number of thiophene rings is 1. The lowest BCUT2D eigenvalue weighted by Crippen LogP contribution is -2.32. The van der Waals surface area contributed by atoms with Crippen LogP contribution in [0.25, 0.3) is 10.1 Å². The van der Waals surface area contributed by atoms with Gasteiger partial charge in [0.2, 0.25) is 0 Å². The second-order valence-corrected chi connectivity index (χ2v) is 6.92. The molecule has 5 heteroatoms. The zero-order valence-electron chi connectivity index (χ0n) is 13.1. The molecule has 1 aliphatic heterocycles. The summed E-state index contributed by atoms with van der Waals surface area (Å²) in [6.45, 7) is 2.37. The molecular formula is C19H16FNO2S. The third kappa shape index (κ3) is 2.45. The summed E-state index contributed by atoms with van der Waals surface area (Å²) in [5.74, 6) is 0.375. The largest absolute Gasteiger partial charge is 0.493 e. The van der Waals surface area contributed by atoms with Crippen LogP contribution in [-0.4, -0.2) is 12.5 Å². The molecule has 0 saturated heterocycles. The van der Waals surface area contributed by atoms with Gasteiger partial charge in [-0.3, -0.25) is 4.79 Å². The zero-order valence-corrected chi connectivity index (χ0v) is 14.0. The topological polar surface area (TPSA) is 38.3 Å². The van der Waals surface area contributed by atoms with Gasteiger partial charge in [0.25, 0.3) is 5.91 Å². The molecule has 0 bridgehead atoms. The van der Waals surface area contributed by atoms with Crippen LogP contribution in [0.3, 0.4) is 0 Å². The Morgan fingerprint density at radius 2 is 2.08 bits per heavy atom. The minimum atomic E-state index is -0.281. The second-order valence-electron chi connectivity index (χ2n) is 5.87. The van der Waals surface area contributed by atoms with E-state index in [2.05, 4.69) is 5.32 Å². The van der Waals surface area contributed by atoms with Gasteiger partial charge in [-0.15, -0.1) is 11.3 Å². The molecule has 0 aliphatic carbocycles. The predicted molar refractivity (Wildman–Crippen MR) is 93.3 cm³/mol. The molecule has 1 amide bonds. The molecule has 4 rings (SSSR count). The van der Waals surface area contributed by atoms with Gasteiger partial charge in [-0.2, -0.15) is 0 Å². The smallest absolute Gasteiger partial charge is 0.262 e. The fourth-order valence-corrected chi connectivity index (χ4v) is 4.31. The molecule has 3 aromatic rings. The van der Waals surface area contributed by atoms with Crippen LogP contribution in [0.1, 0.15) is 33.3 Å². The number of ether oxygens (including phenoxy) is 1. The van der Waals surface area contributed by atoms with Gasteiger partial charge in [0.05, 0.1) is 17.5 Å². The number of aryl methyl sites for hydroxylation is 1. The maximum atomic E-state index is 14.0. The van der Waals surface area contributed by atoms with Crippen LogP contribution in [0, 0.1) is 12.7 Å². The van der Waals surface area contributed by atoms with Gasteiger partial charge in [-0.05, 0) is 30.7 Å². The maximum Gasteiger partial charge on any atom is 0.262 e. The molecule has 1 atom stereocenters. The molecule has 0 unspecified atom stereocenters. The van der Waals surface area contributed by atoms with Crippen molar-refractivity contribution < 1.29 is 13.9 Å². The van der Waals surface area contributed by atoms with Crippen LogP contribution in [0.2, 0.25) is 0 Å². The lowest BCUT2D eigenvalue weighted by atomic mass is 10.0. The van der Waals surface area contributed by atoms with E-state index in [1.165, 1.54) is 17.4 Å². The van der Waals surface area contributed by atoms with Gasteiger partial charge in [-0.25, -0.2) is 4.39 Å². The minimum absolute atomic E-state index is 0.0862. The highest BCUT2D eigenvalue weighted by molar-refractivity contribution is 7.21. The SMILES string of the molecule is Cc1c(C(=O)N[C@H]2CCOc3ccccc32)sc2cccc(F)c12. The molecule has 0 spiro atoms. The first kappa shape index (κ1) is 15.1. The summed E-state index contributed by atoms with van der Waals surface area (Å²) in [4.78, 5) is 13.3. The van der Waals surface area contributed by atoms with Crippen LogP contribution in [0.15, 0.2) is 42.5 Å². The molecular weight excluding hydrogens is 325 g/mol. The lowest BCUT2D eigenvalue weighted by molar-refractivity contribution is 0.0928. The summed E-state index contributed by atoms with van der Waals surface area (Å²) < 4.78 is 20.5. The maximum absolute atomic E-state index is 14.0. The van der Waals surface area contributed by atoms with Crippen molar-refractivity contribution in [1.82, 2.24) is 5.32 Å². The molecule has 122 valence electrons. The summed E-state index contributed by atoms with van der Waals surface area (Å²) >= 11 is 1.33. The van der Waals surface area contributed by atoms with Gasteiger partial charge >= 0.3 is 0 Å². The van der Waals surface area contributed by atoms with Crippen LogP contribution in [0.4, 0.5) is 4.39 Å². The Morgan fingerprint density at radius 1 is 1.25 bits per heavy atom. The fourth-order valence-electron chi connectivity index (χ4n) is 3.19. The number of carbonyl (C=O) groups is 1. The first-order chi connectivity index (χ1) is 11.6. The Kier molecular flexibility index (Phi) is 3.73. The summed E-state index contributed by atoms with van der Waals surface area (Å²) in [7, 11) is 0. The number of amides is 1. The number of halogens is 1. The normalized spacial score (nSPS) is 16.5. The Labute approximate surface area is 143 Å². The van der Waals surface area contributed by atoms with Crippen molar-refractivity contribution in [2.75, 3.05) is 6.61 Å². The zero-order chi connectivity index (χ0) is 16.7. The number of benzene rings is 2. The van der Waals surface area contributed by atoms with E-state index in [4.69, 9.17) is 4.74 Å². The Balaban J connectivity index is 1.66. The van der Waals surface area contributed by atoms with Crippen LogP contribution in [-0.2, 0) is 0 Å². The molecule has 2 aromatic carbocycles. The van der Waals surface area contributed by atoms with E-state index in [0.29, 0.717) is 22.4 Å². The summed E-state index contributed by atoms with van der Waals surface area (Å²) in [5.41, 5.74) is 1.69. The summed E-state index contributed by atoms with van der Waals surface area (Å²) in [6, 6.07) is 12.6. The first-order valence-corrected chi connectivity index (χ1v) is 8.67. The number of carbonyl (C=O) groups excluding carboxylic acids is 1. The number of rotatable bonds is 2. The standard InChI is InChI=1S/C19H16FNO2S/c1-11-17-13(20)6-4-8-16(17)24-18(11)19(22)21-14-9-10-23-15-7-3-2-5-12(14)15/h2-8,14H,9-10H2,1H3,(H,21,22)/t14-/m0/s1. The minimum Gasteiger partial charge on any atom is -0.493 e. The monoisotopic (exact) mass is 341 g/mol. The number of hydrogen-bond donors (Lipinski definition) is 1. The Morgan fingerprint density at radius 3 is 2.92 bits per heavy atom. The number of hydrogen-bond acceptors (Lipinski definition) is 3. The average molecular weight is 341 g/mol. The average Bonchev–Trinajstić information content (AvgIpc) is 2.93. The van der Waals surface area contributed by atoms with Crippen molar-refractivity contribution in [2.45, 2.75) is 19.4 Å². The molecule has 1 aromatic heterocycles. The molecule has 24 heavy (non-hydrogen) atoms. The highest BCUT2D eigenvalue weighted by Crippen LogP contribution is 2.35. The molecule has 0 saturated carbocycles. The van der Waals surface area contributed by atoms with Crippen molar-refractivity contribution in [3.05, 3.63) is 64.3 Å². The molecule has 0 fully saturated rings. The number of fused-ring (bicyclic) bond motifs is 2. The number of para-hydroxylation sites is 1. The van der Waals surface area contributed by atoms with Crippen LogP contribution in [0.5, 0.6) is 5.75 Å². The molecule has 1 N–H and O–H groups in total. The van der Waals surface area contributed by atoms with Crippen molar-refractivity contribution in [2.24, 2.45) is 0 Å². The second kappa shape index (κ2) is 5.91. The quantitative estimate of drug-likeness (QED) is 0.740. The highest BCUT2D eigenvalue weighted by atomic mass is 32.1. The van der Waals surface area contributed by atoms with Crippen molar-refractivity contribution in [3.8, 4) is 5.75 Å². The Hall–Kier alpha value is -2.40. The van der Waals surface area contributed by atoms with E-state index in [-0.39, 0.29) is 17.8 Å². The van der Waals surface area contributed by atoms with Gasteiger partial charge in [0, 0.05) is 22.1 Å². The Bertz CT molecular complexity index is 934. The third-order valence-corrected chi connectivity index (χ3v) is 5.63. The molecule has 3 nitrogen and oxygen atoms in total. The number of nitrogens with one attached hydrogen (secondary N) is 1. The van der Waals surface area contributed by atoms with Crippen molar-refractivity contribution in [1.29, 1.82) is 0 Å². The fraction of sp³-hybridized carbons (Fsp3) is 0.211. The molecule has 1 aliphatic rings. The van der Waals surface area contributed by atoms with E-state index in [1.807, 2.05) is 30.3 Å². The van der Waals surface area contributed by atoms with Gasteiger partial charge in [0.1, 0.15) is 11.6 Å². The van der Waals surface area contributed by atoms with Crippen LogP contribution < -0.4 is 10.1 Å². The van der Waals surface area contributed by atoms with Gasteiger partial charge in [-0.1, -0.05) is 24.3 Å². The van der Waals surface area contributed by atoms with Gasteiger partial charge < -0.3 is 10.1 Å². The summed E-state index contributed by atoms with van der Waals surface area (Å²) in [6.07, 6.45) is 0.723. The predicted octanol–water partition coefficient (Wildman–Crippen LogP) is 4.60. The lowest BCUT2D eigenvalue weighted by Gasteiger charge is -2.26. The first-order valence-electron chi connectivity index (χ1n) is 7.85. The van der Waals surface area contributed by atoms with E-state index < -0.39 is 0 Å².